The van der Waals surface area contributed by atoms with Crippen LogP contribution in [-0.2, 0) is 4.74 Å². The molecule has 1 fully saturated rings. The quantitative estimate of drug-likeness (QED) is 0.675. The lowest BCUT2D eigenvalue weighted by molar-refractivity contribution is 0.106. The molecule has 2 N–H and O–H groups in total. The molecule has 0 aromatic heterocycles. The molecule has 1 aliphatic rings. The lowest BCUT2D eigenvalue weighted by atomic mass is 10.1. The molecule has 21 heavy (non-hydrogen) atoms. The van der Waals surface area contributed by atoms with Crippen LogP contribution in [0.2, 0.25) is 0 Å². The van der Waals surface area contributed by atoms with E-state index in [4.69, 9.17) is 14.2 Å². The molecular weight excluding hydrogens is 270 g/mol. The van der Waals surface area contributed by atoms with E-state index in [1.807, 2.05) is 24.3 Å². The van der Waals surface area contributed by atoms with Gasteiger partial charge in [-0.1, -0.05) is 0 Å². The molecule has 1 saturated heterocycles. The van der Waals surface area contributed by atoms with Crippen molar-refractivity contribution in [2.75, 3.05) is 40.0 Å². The minimum absolute atomic E-state index is 0.284. The van der Waals surface area contributed by atoms with Gasteiger partial charge in [-0.2, -0.15) is 0 Å². The first-order valence-electron chi connectivity index (χ1n) is 7.51. The summed E-state index contributed by atoms with van der Waals surface area (Å²) < 4.78 is 15.9. The largest absolute Gasteiger partial charge is 0.497 e. The fourth-order valence-electron chi connectivity index (χ4n) is 2.31. The Morgan fingerprint density at radius 1 is 1.33 bits per heavy atom. The van der Waals surface area contributed by atoms with Crippen molar-refractivity contribution in [1.29, 1.82) is 0 Å². The van der Waals surface area contributed by atoms with Gasteiger partial charge in [0, 0.05) is 19.8 Å². The summed E-state index contributed by atoms with van der Waals surface area (Å²) in [5.74, 6) is 2.20. The van der Waals surface area contributed by atoms with Crippen molar-refractivity contribution in [3.8, 4) is 11.5 Å². The Bertz CT molecular complexity index is 390. The molecule has 0 aliphatic carbocycles. The van der Waals surface area contributed by atoms with E-state index >= 15 is 0 Å². The van der Waals surface area contributed by atoms with Crippen LogP contribution in [0.15, 0.2) is 24.3 Å². The van der Waals surface area contributed by atoms with Crippen LogP contribution >= 0.6 is 0 Å². The SMILES string of the molecule is COc1ccc(OCC(O)CNCCC2CCOC2)cc1. The number of benzene rings is 1. The fraction of sp³-hybridized carbons (Fsp3) is 0.625. The summed E-state index contributed by atoms with van der Waals surface area (Å²) in [6.45, 7) is 3.51. The number of aliphatic hydroxyl groups is 1. The minimum Gasteiger partial charge on any atom is -0.497 e. The molecule has 0 spiro atoms. The molecule has 5 heteroatoms. The normalized spacial score (nSPS) is 19.4. The van der Waals surface area contributed by atoms with Gasteiger partial charge in [0.05, 0.1) is 7.11 Å². The molecule has 118 valence electrons. The van der Waals surface area contributed by atoms with E-state index in [-0.39, 0.29) is 6.61 Å². The first-order chi connectivity index (χ1) is 10.3. The van der Waals surface area contributed by atoms with Gasteiger partial charge in [0.25, 0.3) is 0 Å². The molecule has 1 heterocycles. The van der Waals surface area contributed by atoms with Crippen molar-refractivity contribution >= 4 is 0 Å². The molecule has 0 amide bonds. The Balaban J connectivity index is 1.54. The summed E-state index contributed by atoms with van der Waals surface area (Å²) in [5.41, 5.74) is 0. The predicted molar refractivity (Wildman–Crippen MR) is 80.9 cm³/mol. The van der Waals surface area contributed by atoms with Gasteiger partial charge in [0.1, 0.15) is 24.2 Å². The standard InChI is InChI=1S/C16H25NO4/c1-19-15-2-4-16(5-3-15)21-12-14(18)10-17-8-6-13-7-9-20-11-13/h2-5,13-14,17-18H,6-12H2,1H3. The van der Waals surface area contributed by atoms with Crippen LogP contribution in [0.3, 0.4) is 0 Å². The molecule has 2 atom stereocenters. The molecule has 1 aromatic rings. The second-order valence-electron chi connectivity index (χ2n) is 5.36. The van der Waals surface area contributed by atoms with Crippen LogP contribution in [0.1, 0.15) is 12.8 Å². The van der Waals surface area contributed by atoms with E-state index in [1.165, 1.54) is 0 Å². The zero-order valence-corrected chi connectivity index (χ0v) is 12.6. The zero-order chi connectivity index (χ0) is 14.9. The smallest absolute Gasteiger partial charge is 0.119 e. The summed E-state index contributed by atoms with van der Waals surface area (Å²) in [7, 11) is 1.63. The molecule has 0 radical (unpaired) electrons. The number of rotatable bonds is 9. The Morgan fingerprint density at radius 3 is 2.76 bits per heavy atom. The number of ether oxygens (including phenoxy) is 3. The highest BCUT2D eigenvalue weighted by Crippen LogP contribution is 2.17. The zero-order valence-electron chi connectivity index (χ0n) is 12.6. The van der Waals surface area contributed by atoms with E-state index in [0.717, 1.165) is 44.1 Å². The van der Waals surface area contributed by atoms with Gasteiger partial charge in [0.2, 0.25) is 0 Å². The minimum atomic E-state index is -0.507. The Morgan fingerprint density at radius 2 is 2.10 bits per heavy atom. The van der Waals surface area contributed by atoms with Gasteiger partial charge >= 0.3 is 0 Å². The van der Waals surface area contributed by atoms with Crippen molar-refractivity contribution in [3.05, 3.63) is 24.3 Å². The van der Waals surface area contributed by atoms with Crippen LogP contribution < -0.4 is 14.8 Å². The summed E-state index contributed by atoms with van der Waals surface area (Å²) in [4.78, 5) is 0. The maximum atomic E-state index is 9.87. The molecule has 0 bridgehead atoms. The van der Waals surface area contributed by atoms with Crippen molar-refractivity contribution < 1.29 is 19.3 Å². The van der Waals surface area contributed by atoms with Crippen molar-refractivity contribution in [2.45, 2.75) is 18.9 Å². The van der Waals surface area contributed by atoms with Crippen LogP contribution in [0.4, 0.5) is 0 Å². The molecule has 2 rings (SSSR count). The molecule has 5 nitrogen and oxygen atoms in total. The lowest BCUT2D eigenvalue weighted by Crippen LogP contribution is -2.32. The summed E-state index contributed by atoms with van der Waals surface area (Å²) >= 11 is 0. The van der Waals surface area contributed by atoms with Gasteiger partial charge in [-0.15, -0.1) is 0 Å². The van der Waals surface area contributed by atoms with Gasteiger partial charge in [0.15, 0.2) is 0 Å². The topological polar surface area (TPSA) is 60.0 Å². The molecular formula is C16H25NO4. The summed E-state index contributed by atoms with van der Waals surface area (Å²) in [6, 6.07) is 7.34. The van der Waals surface area contributed by atoms with Crippen molar-refractivity contribution in [2.24, 2.45) is 5.92 Å². The second kappa shape index (κ2) is 8.87. The van der Waals surface area contributed by atoms with Gasteiger partial charge < -0.3 is 24.6 Å². The maximum absolute atomic E-state index is 9.87. The average molecular weight is 295 g/mol. The third kappa shape index (κ3) is 5.91. The van der Waals surface area contributed by atoms with E-state index in [0.29, 0.717) is 12.5 Å². The second-order valence-corrected chi connectivity index (χ2v) is 5.36. The van der Waals surface area contributed by atoms with Gasteiger partial charge in [-0.25, -0.2) is 0 Å². The monoisotopic (exact) mass is 295 g/mol. The third-order valence-corrected chi connectivity index (χ3v) is 3.64. The van der Waals surface area contributed by atoms with E-state index in [2.05, 4.69) is 5.32 Å². The Hall–Kier alpha value is -1.30. The maximum Gasteiger partial charge on any atom is 0.119 e. The fourth-order valence-corrected chi connectivity index (χ4v) is 2.31. The predicted octanol–water partition coefficient (Wildman–Crippen LogP) is 1.45. The Kier molecular flexibility index (Phi) is 6.79. The third-order valence-electron chi connectivity index (χ3n) is 3.64. The number of nitrogens with one attached hydrogen (secondary N) is 1. The molecule has 0 saturated carbocycles. The van der Waals surface area contributed by atoms with E-state index in [1.54, 1.807) is 7.11 Å². The number of hydrogen-bond acceptors (Lipinski definition) is 5. The molecule has 1 aliphatic heterocycles. The number of aliphatic hydroxyl groups excluding tert-OH is 1. The van der Waals surface area contributed by atoms with Crippen molar-refractivity contribution in [1.82, 2.24) is 5.32 Å². The number of methoxy groups -OCH3 is 1. The van der Waals surface area contributed by atoms with E-state index < -0.39 is 6.10 Å². The van der Waals surface area contributed by atoms with Crippen LogP contribution in [0.25, 0.3) is 0 Å². The number of hydrogen-bond donors (Lipinski definition) is 2. The van der Waals surface area contributed by atoms with Crippen LogP contribution in [0, 0.1) is 5.92 Å². The summed E-state index contributed by atoms with van der Waals surface area (Å²) in [5, 5.41) is 13.1. The van der Waals surface area contributed by atoms with E-state index in [9.17, 15) is 5.11 Å². The van der Waals surface area contributed by atoms with Crippen LogP contribution in [-0.4, -0.2) is 51.2 Å². The first-order valence-corrected chi connectivity index (χ1v) is 7.51. The van der Waals surface area contributed by atoms with Gasteiger partial charge in [-0.05, 0) is 49.6 Å². The van der Waals surface area contributed by atoms with Crippen molar-refractivity contribution in [3.63, 3.8) is 0 Å². The van der Waals surface area contributed by atoms with Gasteiger partial charge in [-0.3, -0.25) is 0 Å². The lowest BCUT2D eigenvalue weighted by Gasteiger charge is -2.14. The highest BCUT2D eigenvalue weighted by atomic mass is 16.5. The summed E-state index contributed by atoms with van der Waals surface area (Å²) in [6.07, 6.45) is 1.75. The highest BCUT2D eigenvalue weighted by molar-refractivity contribution is 5.31. The van der Waals surface area contributed by atoms with Crippen LogP contribution in [0.5, 0.6) is 11.5 Å². The molecule has 1 aromatic carbocycles. The average Bonchev–Trinajstić information content (AvgIpc) is 3.03. The first kappa shape index (κ1) is 16.1. The highest BCUT2D eigenvalue weighted by Gasteiger charge is 2.14. The Labute approximate surface area is 126 Å². The molecule has 2 unspecified atom stereocenters.